The molecular weight excluding hydrogens is 172 g/mol. The van der Waals surface area contributed by atoms with Crippen molar-refractivity contribution in [3.8, 4) is 0 Å². The molecule has 0 spiro atoms. The largest absolute Gasteiger partial charge is 0.303 e. The predicted molar refractivity (Wildman–Crippen MR) is 57.4 cm³/mol. The highest BCUT2D eigenvalue weighted by Crippen LogP contribution is 2.33. The fraction of sp³-hybridized carbons (Fsp3) is 0.462. The Morgan fingerprint density at radius 3 is 2.36 bits per heavy atom. The monoisotopic (exact) mass is 188 g/mol. The van der Waals surface area contributed by atoms with Gasteiger partial charge in [-0.15, -0.1) is 0 Å². The number of carbonyl (C=O) groups excluding carboxylic acids is 1. The average molecular weight is 188 g/mol. The molecule has 1 nitrogen and oxygen atoms in total. The van der Waals surface area contributed by atoms with Crippen LogP contribution in [0, 0.1) is 0 Å². The SMILES string of the molecule is O=CCc1ccc(C2CCCC2)cc1. The summed E-state index contributed by atoms with van der Waals surface area (Å²) in [5.41, 5.74) is 2.58. The van der Waals surface area contributed by atoms with Gasteiger partial charge in [0.25, 0.3) is 0 Å². The van der Waals surface area contributed by atoms with Gasteiger partial charge in [-0.1, -0.05) is 37.1 Å². The van der Waals surface area contributed by atoms with Gasteiger partial charge in [-0.3, -0.25) is 0 Å². The zero-order valence-electron chi connectivity index (χ0n) is 8.41. The minimum atomic E-state index is 0.547. The van der Waals surface area contributed by atoms with Gasteiger partial charge >= 0.3 is 0 Å². The van der Waals surface area contributed by atoms with Crippen LogP contribution < -0.4 is 0 Å². The summed E-state index contributed by atoms with van der Waals surface area (Å²) in [5.74, 6) is 0.778. The van der Waals surface area contributed by atoms with Gasteiger partial charge in [0.2, 0.25) is 0 Å². The Labute approximate surface area is 85.1 Å². The van der Waals surface area contributed by atoms with Crippen LogP contribution in [0.15, 0.2) is 24.3 Å². The number of carbonyl (C=O) groups is 1. The summed E-state index contributed by atoms with van der Waals surface area (Å²) in [6.07, 6.45) is 6.94. The zero-order valence-corrected chi connectivity index (χ0v) is 8.41. The number of hydrogen-bond acceptors (Lipinski definition) is 1. The first kappa shape index (κ1) is 9.45. The lowest BCUT2D eigenvalue weighted by molar-refractivity contribution is -0.107. The molecule has 1 fully saturated rings. The Kier molecular flexibility index (Phi) is 2.97. The van der Waals surface area contributed by atoms with Crippen LogP contribution in [0.2, 0.25) is 0 Å². The van der Waals surface area contributed by atoms with Crippen LogP contribution in [0.1, 0.15) is 42.7 Å². The molecular formula is C13H16O. The third-order valence-electron chi connectivity index (χ3n) is 3.13. The molecule has 1 aliphatic carbocycles. The third kappa shape index (κ3) is 2.03. The van der Waals surface area contributed by atoms with Crippen molar-refractivity contribution in [2.75, 3.05) is 0 Å². The first-order valence-corrected chi connectivity index (χ1v) is 5.42. The summed E-state index contributed by atoms with van der Waals surface area (Å²) in [6, 6.07) is 8.55. The van der Waals surface area contributed by atoms with E-state index >= 15 is 0 Å². The second-order valence-corrected chi connectivity index (χ2v) is 4.09. The molecule has 0 saturated heterocycles. The van der Waals surface area contributed by atoms with E-state index in [4.69, 9.17) is 0 Å². The highest BCUT2D eigenvalue weighted by Gasteiger charge is 2.16. The normalized spacial score (nSPS) is 17.1. The Bertz CT molecular complexity index is 294. The molecule has 1 heteroatoms. The topological polar surface area (TPSA) is 17.1 Å². The van der Waals surface area contributed by atoms with Crippen LogP contribution in [0.4, 0.5) is 0 Å². The Morgan fingerprint density at radius 2 is 1.79 bits per heavy atom. The third-order valence-corrected chi connectivity index (χ3v) is 3.13. The van der Waals surface area contributed by atoms with Gasteiger partial charge in [-0.25, -0.2) is 0 Å². The molecule has 0 amide bonds. The Hall–Kier alpha value is -1.11. The Balaban J connectivity index is 2.08. The van der Waals surface area contributed by atoms with Crippen LogP contribution in [0.25, 0.3) is 0 Å². The van der Waals surface area contributed by atoms with Crippen molar-refractivity contribution in [3.05, 3.63) is 35.4 Å². The van der Waals surface area contributed by atoms with Crippen LogP contribution in [0.3, 0.4) is 0 Å². The molecule has 0 atom stereocenters. The van der Waals surface area contributed by atoms with Gasteiger partial charge < -0.3 is 4.79 Å². The smallest absolute Gasteiger partial charge is 0.124 e. The van der Waals surface area contributed by atoms with Crippen molar-refractivity contribution in [1.29, 1.82) is 0 Å². The minimum absolute atomic E-state index is 0.547. The van der Waals surface area contributed by atoms with Gasteiger partial charge in [-0.2, -0.15) is 0 Å². The van der Waals surface area contributed by atoms with Gasteiger partial charge in [-0.05, 0) is 29.9 Å². The maximum Gasteiger partial charge on any atom is 0.124 e. The van der Waals surface area contributed by atoms with Crippen LogP contribution >= 0.6 is 0 Å². The predicted octanol–water partition coefficient (Wildman–Crippen LogP) is 3.09. The molecule has 1 saturated carbocycles. The molecule has 0 N–H and O–H groups in total. The molecule has 0 radical (unpaired) electrons. The van der Waals surface area contributed by atoms with Crippen molar-refractivity contribution in [2.24, 2.45) is 0 Å². The summed E-state index contributed by atoms with van der Waals surface area (Å²) in [4.78, 5) is 10.3. The minimum Gasteiger partial charge on any atom is -0.303 e. The van der Waals surface area contributed by atoms with Crippen molar-refractivity contribution in [3.63, 3.8) is 0 Å². The van der Waals surface area contributed by atoms with Crippen molar-refractivity contribution < 1.29 is 4.79 Å². The second-order valence-electron chi connectivity index (χ2n) is 4.09. The van der Waals surface area contributed by atoms with E-state index in [0.717, 1.165) is 17.8 Å². The van der Waals surface area contributed by atoms with E-state index in [0.29, 0.717) is 6.42 Å². The number of hydrogen-bond donors (Lipinski definition) is 0. The van der Waals surface area contributed by atoms with E-state index < -0.39 is 0 Å². The molecule has 0 aliphatic heterocycles. The maximum atomic E-state index is 10.3. The molecule has 74 valence electrons. The second kappa shape index (κ2) is 4.41. The number of aldehydes is 1. The number of rotatable bonds is 3. The molecule has 0 bridgehead atoms. The average Bonchev–Trinajstić information content (AvgIpc) is 2.72. The van der Waals surface area contributed by atoms with Gasteiger partial charge in [0.05, 0.1) is 0 Å². The van der Waals surface area contributed by atoms with E-state index in [2.05, 4.69) is 24.3 Å². The van der Waals surface area contributed by atoms with Crippen molar-refractivity contribution >= 4 is 6.29 Å². The van der Waals surface area contributed by atoms with Crippen molar-refractivity contribution in [2.45, 2.75) is 38.0 Å². The summed E-state index contributed by atoms with van der Waals surface area (Å²) < 4.78 is 0. The molecule has 0 heterocycles. The first-order chi connectivity index (χ1) is 6.90. The van der Waals surface area contributed by atoms with Gasteiger partial charge in [0.15, 0.2) is 0 Å². The molecule has 1 aromatic carbocycles. The highest BCUT2D eigenvalue weighted by molar-refractivity contribution is 5.54. The fourth-order valence-electron chi connectivity index (χ4n) is 2.28. The standard InChI is InChI=1S/C13H16O/c14-10-9-11-5-7-13(8-6-11)12-3-1-2-4-12/h5-8,10,12H,1-4,9H2. The summed E-state index contributed by atoms with van der Waals surface area (Å²) in [5, 5.41) is 0. The van der Waals surface area contributed by atoms with E-state index in [9.17, 15) is 4.79 Å². The number of benzene rings is 1. The van der Waals surface area contributed by atoms with Crippen LogP contribution in [-0.2, 0) is 11.2 Å². The molecule has 1 aliphatic rings. The summed E-state index contributed by atoms with van der Waals surface area (Å²) in [7, 11) is 0. The lowest BCUT2D eigenvalue weighted by atomic mass is 9.96. The first-order valence-electron chi connectivity index (χ1n) is 5.42. The molecule has 14 heavy (non-hydrogen) atoms. The molecule has 2 rings (SSSR count). The zero-order chi connectivity index (χ0) is 9.80. The van der Waals surface area contributed by atoms with E-state index in [-0.39, 0.29) is 0 Å². The molecule has 0 aromatic heterocycles. The maximum absolute atomic E-state index is 10.3. The quantitative estimate of drug-likeness (QED) is 0.666. The van der Waals surface area contributed by atoms with E-state index in [1.54, 1.807) is 0 Å². The summed E-state index contributed by atoms with van der Waals surface area (Å²) in [6.45, 7) is 0. The fourth-order valence-corrected chi connectivity index (χ4v) is 2.28. The Morgan fingerprint density at radius 1 is 1.14 bits per heavy atom. The lowest BCUT2D eigenvalue weighted by Gasteiger charge is -2.09. The van der Waals surface area contributed by atoms with Crippen LogP contribution in [-0.4, -0.2) is 6.29 Å². The lowest BCUT2D eigenvalue weighted by Crippen LogP contribution is -1.93. The van der Waals surface area contributed by atoms with E-state index in [1.807, 2.05) is 0 Å². The van der Waals surface area contributed by atoms with Crippen molar-refractivity contribution in [1.82, 2.24) is 0 Å². The highest BCUT2D eigenvalue weighted by atomic mass is 16.1. The molecule has 0 unspecified atom stereocenters. The van der Waals surface area contributed by atoms with Gasteiger partial charge in [0, 0.05) is 6.42 Å². The van der Waals surface area contributed by atoms with Gasteiger partial charge in [0.1, 0.15) is 6.29 Å². The molecule has 1 aromatic rings. The summed E-state index contributed by atoms with van der Waals surface area (Å²) >= 11 is 0. The van der Waals surface area contributed by atoms with Crippen LogP contribution in [0.5, 0.6) is 0 Å². The van der Waals surface area contributed by atoms with E-state index in [1.165, 1.54) is 31.2 Å².